The summed E-state index contributed by atoms with van der Waals surface area (Å²) in [6, 6.07) is 3.81. The molecular formula is C13H13Cl2N3O2. The van der Waals surface area contributed by atoms with Gasteiger partial charge < -0.3 is 9.47 Å². The number of hydrogen-bond donors (Lipinski definition) is 0. The summed E-state index contributed by atoms with van der Waals surface area (Å²) in [6.07, 6.45) is 0. The van der Waals surface area contributed by atoms with E-state index in [9.17, 15) is 0 Å². The highest BCUT2D eigenvalue weighted by molar-refractivity contribution is 6.32. The minimum absolute atomic E-state index is 0.0147. The molecular weight excluding hydrogens is 301 g/mol. The summed E-state index contributed by atoms with van der Waals surface area (Å²) in [5.74, 6) is 0.578. The Labute approximate surface area is 126 Å². The van der Waals surface area contributed by atoms with E-state index in [1.165, 1.54) is 0 Å². The van der Waals surface area contributed by atoms with Gasteiger partial charge in [-0.05, 0) is 55.6 Å². The van der Waals surface area contributed by atoms with Gasteiger partial charge in [0.15, 0.2) is 0 Å². The Morgan fingerprint density at radius 2 is 1.60 bits per heavy atom. The fourth-order valence-electron chi connectivity index (χ4n) is 1.62. The molecule has 106 valence electrons. The molecule has 2 aromatic rings. The third kappa shape index (κ3) is 3.49. The maximum atomic E-state index is 6.11. The second-order valence-corrected chi connectivity index (χ2v) is 4.79. The second kappa shape index (κ2) is 6.24. The fraction of sp³-hybridized carbons (Fsp3) is 0.308. The zero-order valence-corrected chi connectivity index (χ0v) is 12.8. The zero-order valence-electron chi connectivity index (χ0n) is 11.3. The number of ether oxygens (including phenoxy) is 2. The molecule has 0 spiro atoms. The lowest BCUT2D eigenvalue weighted by molar-refractivity contribution is 0.303. The Morgan fingerprint density at radius 1 is 1.00 bits per heavy atom. The first-order valence-electron chi connectivity index (χ1n) is 5.98. The van der Waals surface area contributed by atoms with E-state index >= 15 is 0 Å². The number of benzene rings is 1. The summed E-state index contributed by atoms with van der Waals surface area (Å²) < 4.78 is 10.8. The number of nitrogens with zero attached hydrogens (tertiary/aromatic N) is 3. The monoisotopic (exact) mass is 313 g/mol. The zero-order chi connectivity index (χ0) is 14.7. The first-order valence-corrected chi connectivity index (χ1v) is 6.74. The van der Waals surface area contributed by atoms with Crippen molar-refractivity contribution < 1.29 is 9.47 Å². The highest BCUT2D eigenvalue weighted by Crippen LogP contribution is 2.28. The molecule has 0 radical (unpaired) electrons. The minimum atomic E-state index is 0.0147. The lowest BCUT2D eigenvalue weighted by Gasteiger charge is -2.09. The van der Waals surface area contributed by atoms with Crippen LogP contribution in [0.4, 0.5) is 0 Å². The largest absolute Gasteiger partial charge is 0.464 e. The van der Waals surface area contributed by atoms with Crippen molar-refractivity contribution in [3.05, 3.63) is 33.6 Å². The molecule has 0 saturated heterocycles. The van der Waals surface area contributed by atoms with Gasteiger partial charge in [-0.15, -0.1) is 4.98 Å². The number of aryl methyl sites for hydroxylation is 2. The molecule has 0 unspecified atom stereocenters. The van der Waals surface area contributed by atoms with Crippen LogP contribution in [0.25, 0.3) is 0 Å². The highest BCUT2D eigenvalue weighted by Gasteiger charge is 2.10. The minimum Gasteiger partial charge on any atom is -0.464 e. The van der Waals surface area contributed by atoms with Crippen molar-refractivity contribution in [2.45, 2.75) is 20.8 Å². The predicted octanol–water partition coefficient (Wildman–Crippen LogP) is 3.99. The fourth-order valence-corrected chi connectivity index (χ4v) is 1.88. The molecule has 5 nitrogen and oxygen atoms in total. The molecule has 1 aromatic heterocycles. The van der Waals surface area contributed by atoms with Gasteiger partial charge in [0.2, 0.25) is 5.28 Å². The van der Waals surface area contributed by atoms with E-state index < -0.39 is 0 Å². The Kier molecular flexibility index (Phi) is 4.62. The molecule has 20 heavy (non-hydrogen) atoms. The van der Waals surface area contributed by atoms with Gasteiger partial charge in [0.1, 0.15) is 5.75 Å². The summed E-state index contributed by atoms with van der Waals surface area (Å²) >= 11 is 11.9. The van der Waals surface area contributed by atoms with E-state index in [1.807, 2.05) is 20.8 Å². The molecule has 2 rings (SSSR count). The van der Waals surface area contributed by atoms with E-state index in [1.54, 1.807) is 12.1 Å². The summed E-state index contributed by atoms with van der Waals surface area (Å²) in [5, 5.41) is 0.724. The Morgan fingerprint density at radius 3 is 2.20 bits per heavy atom. The van der Waals surface area contributed by atoms with Gasteiger partial charge >= 0.3 is 12.0 Å². The maximum absolute atomic E-state index is 6.11. The predicted molar refractivity (Wildman–Crippen MR) is 77.0 cm³/mol. The van der Waals surface area contributed by atoms with Crippen LogP contribution < -0.4 is 9.47 Å². The Bertz CT molecular complexity index is 612. The summed E-state index contributed by atoms with van der Waals surface area (Å²) in [7, 11) is 0. The van der Waals surface area contributed by atoms with Gasteiger partial charge in [0, 0.05) is 5.02 Å². The maximum Gasteiger partial charge on any atom is 0.329 e. The first-order chi connectivity index (χ1) is 9.49. The number of rotatable bonds is 4. The molecule has 0 aliphatic carbocycles. The lowest BCUT2D eigenvalue weighted by Crippen LogP contribution is -2.01. The van der Waals surface area contributed by atoms with E-state index in [4.69, 9.17) is 32.7 Å². The van der Waals surface area contributed by atoms with Gasteiger partial charge in [0.05, 0.1) is 6.61 Å². The van der Waals surface area contributed by atoms with Gasteiger partial charge in [-0.3, -0.25) is 0 Å². The van der Waals surface area contributed by atoms with Crippen LogP contribution in [-0.2, 0) is 0 Å². The number of hydrogen-bond acceptors (Lipinski definition) is 5. The number of halogens is 2. The second-order valence-electron chi connectivity index (χ2n) is 4.08. The quantitative estimate of drug-likeness (QED) is 0.854. The van der Waals surface area contributed by atoms with Crippen molar-refractivity contribution in [1.82, 2.24) is 15.0 Å². The first kappa shape index (κ1) is 14.8. The van der Waals surface area contributed by atoms with Crippen LogP contribution in [0.2, 0.25) is 10.3 Å². The van der Waals surface area contributed by atoms with Crippen molar-refractivity contribution in [3.8, 4) is 17.8 Å². The van der Waals surface area contributed by atoms with Crippen molar-refractivity contribution in [3.63, 3.8) is 0 Å². The van der Waals surface area contributed by atoms with Gasteiger partial charge in [-0.2, -0.15) is 9.97 Å². The van der Waals surface area contributed by atoms with Crippen LogP contribution in [-0.4, -0.2) is 21.6 Å². The van der Waals surface area contributed by atoms with E-state index in [2.05, 4.69) is 15.0 Å². The molecule has 0 aliphatic rings. The lowest BCUT2D eigenvalue weighted by atomic mass is 10.1. The van der Waals surface area contributed by atoms with Crippen molar-refractivity contribution in [1.29, 1.82) is 0 Å². The average Bonchev–Trinajstić information content (AvgIpc) is 2.35. The Hall–Kier alpha value is -1.59. The third-order valence-corrected chi connectivity index (χ3v) is 3.22. The Balaban J connectivity index is 2.30. The van der Waals surface area contributed by atoms with Crippen LogP contribution in [0.5, 0.6) is 17.8 Å². The van der Waals surface area contributed by atoms with Gasteiger partial charge in [0.25, 0.3) is 0 Å². The van der Waals surface area contributed by atoms with Crippen molar-refractivity contribution >= 4 is 23.2 Å². The summed E-state index contributed by atoms with van der Waals surface area (Å²) in [6.45, 7) is 6.05. The third-order valence-electron chi connectivity index (χ3n) is 2.46. The molecule has 0 saturated carbocycles. The number of aromatic nitrogens is 3. The summed E-state index contributed by atoms with van der Waals surface area (Å²) in [4.78, 5) is 11.8. The summed E-state index contributed by atoms with van der Waals surface area (Å²) in [5.41, 5.74) is 1.82. The van der Waals surface area contributed by atoms with Crippen LogP contribution in [0.15, 0.2) is 12.1 Å². The smallest absolute Gasteiger partial charge is 0.329 e. The van der Waals surface area contributed by atoms with Crippen LogP contribution in [0.1, 0.15) is 18.1 Å². The molecule has 0 atom stereocenters. The standard InChI is InChI=1S/C13H13Cl2N3O2/c1-4-19-12-16-11(15)17-13(18-12)20-9-5-7(2)10(14)8(3)6-9/h5-6H,4H2,1-3H3. The van der Waals surface area contributed by atoms with Crippen molar-refractivity contribution in [2.24, 2.45) is 0 Å². The van der Waals surface area contributed by atoms with E-state index in [-0.39, 0.29) is 17.3 Å². The normalized spacial score (nSPS) is 10.4. The topological polar surface area (TPSA) is 57.1 Å². The molecule has 1 heterocycles. The molecule has 0 fully saturated rings. The van der Waals surface area contributed by atoms with Crippen molar-refractivity contribution in [2.75, 3.05) is 6.61 Å². The van der Waals surface area contributed by atoms with E-state index in [0.717, 1.165) is 11.1 Å². The van der Waals surface area contributed by atoms with Gasteiger partial charge in [-0.1, -0.05) is 11.6 Å². The van der Waals surface area contributed by atoms with Crippen LogP contribution in [0, 0.1) is 13.8 Å². The molecule has 7 heteroatoms. The molecule has 0 N–H and O–H groups in total. The SMILES string of the molecule is CCOc1nc(Cl)nc(Oc2cc(C)c(Cl)c(C)c2)n1. The molecule has 1 aromatic carbocycles. The van der Waals surface area contributed by atoms with Crippen LogP contribution in [0.3, 0.4) is 0 Å². The van der Waals surface area contributed by atoms with Crippen LogP contribution >= 0.6 is 23.2 Å². The van der Waals surface area contributed by atoms with E-state index in [0.29, 0.717) is 17.4 Å². The molecule has 0 aliphatic heterocycles. The molecule has 0 amide bonds. The average molecular weight is 314 g/mol. The highest BCUT2D eigenvalue weighted by atomic mass is 35.5. The molecule has 0 bridgehead atoms. The van der Waals surface area contributed by atoms with Gasteiger partial charge in [-0.25, -0.2) is 0 Å².